The zero-order chi connectivity index (χ0) is 16.6. The Bertz CT molecular complexity index is 493. The van der Waals surface area contributed by atoms with Gasteiger partial charge < -0.3 is 15.1 Å². The molecule has 1 N–H and O–H groups in total. The highest BCUT2D eigenvalue weighted by molar-refractivity contribution is 5.78. The molecule has 5 nitrogen and oxygen atoms in total. The van der Waals surface area contributed by atoms with Crippen LogP contribution in [-0.4, -0.2) is 55.1 Å². The second-order valence-corrected chi connectivity index (χ2v) is 7.01. The second kappa shape index (κ2) is 9.02. The minimum Gasteiger partial charge on any atom is -0.371 e. The van der Waals surface area contributed by atoms with Gasteiger partial charge >= 0.3 is 0 Å². The van der Waals surface area contributed by atoms with Crippen molar-refractivity contribution in [2.75, 3.05) is 44.2 Å². The first-order chi connectivity index (χ1) is 11.8. The molecule has 0 saturated carbocycles. The molecule has 0 atom stereocenters. The summed E-state index contributed by atoms with van der Waals surface area (Å²) in [5, 5.41) is 3.15. The summed E-state index contributed by atoms with van der Waals surface area (Å²) in [5.41, 5.74) is 1.21. The van der Waals surface area contributed by atoms with E-state index in [1.54, 1.807) is 0 Å². The Morgan fingerprint density at radius 1 is 1.08 bits per heavy atom. The molecular weight excluding hydrogens is 300 g/mol. The first-order valence-corrected chi connectivity index (χ1v) is 9.48. The number of carbonyl (C=O) groups excluding carboxylic acids is 1. The number of piperidine rings is 2. The van der Waals surface area contributed by atoms with E-state index in [0.29, 0.717) is 0 Å². The summed E-state index contributed by atoms with van der Waals surface area (Å²) in [6, 6.07) is 4.09. The molecule has 2 saturated heterocycles. The number of hydrogen-bond donors (Lipinski definition) is 1. The van der Waals surface area contributed by atoms with Crippen molar-refractivity contribution in [3.05, 3.63) is 24.5 Å². The van der Waals surface area contributed by atoms with Crippen LogP contribution in [0.15, 0.2) is 24.5 Å². The number of aromatic nitrogens is 1. The Morgan fingerprint density at radius 3 is 2.50 bits per heavy atom. The van der Waals surface area contributed by atoms with Gasteiger partial charge in [-0.05, 0) is 63.9 Å². The summed E-state index contributed by atoms with van der Waals surface area (Å²) in [6.45, 7) is 6.33. The van der Waals surface area contributed by atoms with Crippen molar-refractivity contribution in [3.8, 4) is 0 Å². The molecule has 1 aromatic rings. The maximum absolute atomic E-state index is 12.3. The molecule has 0 spiro atoms. The first kappa shape index (κ1) is 17.2. The number of nitrogens with one attached hydrogen (secondary N) is 1. The van der Waals surface area contributed by atoms with E-state index in [9.17, 15) is 4.79 Å². The van der Waals surface area contributed by atoms with Crippen LogP contribution in [0.2, 0.25) is 0 Å². The van der Waals surface area contributed by atoms with Crippen LogP contribution in [0.5, 0.6) is 0 Å². The monoisotopic (exact) mass is 330 g/mol. The van der Waals surface area contributed by atoms with Crippen molar-refractivity contribution in [3.63, 3.8) is 0 Å². The summed E-state index contributed by atoms with van der Waals surface area (Å²) >= 11 is 0. The summed E-state index contributed by atoms with van der Waals surface area (Å²) < 4.78 is 0. The number of amides is 1. The zero-order valence-corrected chi connectivity index (χ0v) is 14.6. The fraction of sp³-hybridized carbons (Fsp3) is 0.684. The number of likely N-dealkylation sites (tertiary alicyclic amines) is 1. The van der Waals surface area contributed by atoms with Gasteiger partial charge in [-0.15, -0.1) is 0 Å². The fourth-order valence-corrected chi connectivity index (χ4v) is 3.80. The third-order valence-corrected chi connectivity index (χ3v) is 5.29. The Labute approximate surface area is 145 Å². The topological polar surface area (TPSA) is 48.5 Å². The van der Waals surface area contributed by atoms with Crippen molar-refractivity contribution in [1.29, 1.82) is 0 Å². The van der Waals surface area contributed by atoms with Gasteiger partial charge in [0.15, 0.2) is 0 Å². The molecule has 1 aromatic heterocycles. The molecule has 3 rings (SSSR count). The Balaban J connectivity index is 1.32. The maximum Gasteiger partial charge on any atom is 0.223 e. The molecule has 0 radical (unpaired) electrons. The number of anilines is 1. The van der Waals surface area contributed by atoms with Crippen LogP contribution in [0.4, 0.5) is 5.69 Å². The van der Waals surface area contributed by atoms with Gasteiger partial charge in [-0.3, -0.25) is 9.78 Å². The Kier molecular flexibility index (Phi) is 6.47. The number of hydrogen-bond acceptors (Lipinski definition) is 4. The van der Waals surface area contributed by atoms with E-state index in [0.717, 1.165) is 45.4 Å². The Morgan fingerprint density at radius 2 is 1.79 bits per heavy atom. The van der Waals surface area contributed by atoms with E-state index >= 15 is 0 Å². The average Bonchev–Trinajstić information content (AvgIpc) is 2.67. The van der Waals surface area contributed by atoms with Crippen molar-refractivity contribution in [2.45, 2.75) is 38.5 Å². The molecule has 3 heterocycles. The van der Waals surface area contributed by atoms with Crippen molar-refractivity contribution >= 4 is 11.6 Å². The molecule has 24 heavy (non-hydrogen) atoms. The van der Waals surface area contributed by atoms with Gasteiger partial charge in [-0.1, -0.05) is 6.42 Å². The molecule has 0 aromatic carbocycles. The lowest BCUT2D eigenvalue weighted by atomic mass is 9.95. The third kappa shape index (κ3) is 4.94. The van der Waals surface area contributed by atoms with Gasteiger partial charge in [0.1, 0.15) is 0 Å². The molecule has 132 valence electrons. The molecular formula is C19H30N4O. The number of pyridine rings is 1. The average molecular weight is 330 g/mol. The smallest absolute Gasteiger partial charge is 0.223 e. The molecule has 2 aliphatic heterocycles. The predicted molar refractivity (Wildman–Crippen MR) is 97.1 cm³/mol. The molecule has 0 unspecified atom stereocenters. The third-order valence-electron chi connectivity index (χ3n) is 5.29. The lowest BCUT2D eigenvalue weighted by Crippen LogP contribution is -2.41. The molecule has 2 aliphatic rings. The fourth-order valence-electron chi connectivity index (χ4n) is 3.80. The van der Waals surface area contributed by atoms with Crippen LogP contribution < -0.4 is 10.2 Å². The predicted octanol–water partition coefficient (Wildman–Crippen LogP) is 2.29. The van der Waals surface area contributed by atoms with Crippen LogP contribution >= 0.6 is 0 Å². The van der Waals surface area contributed by atoms with E-state index in [4.69, 9.17) is 0 Å². The van der Waals surface area contributed by atoms with Crippen LogP contribution in [0, 0.1) is 5.92 Å². The number of rotatable bonds is 6. The van der Waals surface area contributed by atoms with Crippen LogP contribution in [-0.2, 0) is 4.79 Å². The van der Waals surface area contributed by atoms with Crippen molar-refractivity contribution in [2.24, 2.45) is 5.92 Å². The van der Waals surface area contributed by atoms with E-state index in [1.165, 1.54) is 38.0 Å². The molecule has 5 heteroatoms. The summed E-state index contributed by atoms with van der Waals surface area (Å²) in [4.78, 5) is 21.3. The lowest BCUT2D eigenvalue weighted by molar-refractivity contribution is -0.125. The van der Waals surface area contributed by atoms with Crippen molar-refractivity contribution in [1.82, 2.24) is 15.2 Å². The van der Waals surface area contributed by atoms with Crippen LogP contribution in [0.25, 0.3) is 0 Å². The van der Waals surface area contributed by atoms with Crippen LogP contribution in [0.1, 0.15) is 38.5 Å². The van der Waals surface area contributed by atoms with Gasteiger partial charge in [0.2, 0.25) is 5.91 Å². The normalized spacial score (nSPS) is 20.1. The lowest BCUT2D eigenvalue weighted by Gasteiger charge is -2.33. The quantitative estimate of drug-likeness (QED) is 0.813. The minimum absolute atomic E-state index is 0.179. The highest BCUT2D eigenvalue weighted by atomic mass is 16.1. The SMILES string of the molecule is O=C(NCCCN1CCCCC1)C1CCN(c2ccncc2)CC1. The van der Waals surface area contributed by atoms with E-state index in [2.05, 4.69) is 20.1 Å². The molecule has 0 aliphatic carbocycles. The molecule has 2 fully saturated rings. The standard InChI is InChI=1S/C19H30N4O/c24-19(21-9-4-14-22-12-2-1-3-13-22)17-7-15-23(16-8-17)18-5-10-20-11-6-18/h5-6,10-11,17H,1-4,7-9,12-16H2,(H,21,24). The van der Waals surface area contributed by atoms with E-state index in [1.807, 2.05) is 24.5 Å². The maximum atomic E-state index is 12.3. The number of nitrogens with zero attached hydrogens (tertiary/aromatic N) is 3. The minimum atomic E-state index is 0.179. The first-order valence-electron chi connectivity index (χ1n) is 9.48. The highest BCUT2D eigenvalue weighted by Crippen LogP contribution is 2.22. The summed E-state index contributed by atoms with van der Waals surface area (Å²) in [6.07, 6.45) is 10.7. The largest absolute Gasteiger partial charge is 0.371 e. The zero-order valence-electron chi connectivity index (χ0n) is 14.6. The van der Waals surface area contributed by atoms with Gasteiger partial charge in [-0.25, -0.2) is 0 Å². The van der Waals surface area contributed by atoms with Gasteiger partial charge in [0.05, 0.1) is 0 Å². The van der Waals surface area contributed by atoms with Crippen molar-refractivity contribution < 1.29 is 4.79 Å². The highest BCUT2D eigenvalue weighted by Gasteiger charge is 2.24. The van der Waals surface area contributed by atoms with Gasteiger partial charge in [0, 0.05) is 43.6 Å². The van der Waals surface area contributed by atoms with E-state index < -0.39 is 0 Å². The summed E-state index contributed by atoms with van der Waals surface area (Å²) in [5.74, 6) is 0.432. The number of carbonyl (C=O) groups is 1. The molecule has 0 bridgehead atoms. The van der Waals surface area contributed by atoms with Crippen LogP contribution in [0.3, 0.4) is 0 Å². The Hall–Kier alpha value is -1.62. The summed E-state index contributed by atoms with van der Waals surface area (Å²) in [7, 11) is 0. The van der Waals surface area contributed by atoms with Gasteiger partial charge in [0.25, 0.3) is 0 Å². The van der Waals surface area contributed by atoms with Gasteiger partial charge in [-0.2, -0.15) is 0 Å². The van der Waals surface area contributed by atoms with E-state index in [-0.39, 0.29) is 11.8 Å². The second-order valence-electron chi connectivity index (χ2n) is 7.01. The molecule has 1 amide bonds.